The first-order chi connectivity index (χ1) is 9.47. The van der Waals surface area contributed by atoms with E-state index in [0.29, 0.717) is 6.61 Å². The van der Waals surface area contributed by atoms with Crippen molar-refractivity contribution in [2.45, 2.75) is 46.1 Å². The molecule has 3 N–H and O–H groups in total. The zero-order valence-corrected chi connectivity index (χ0v) is 12.5. The van der Waals surface area contributed by atoms with Gasteiger partial charge in [-0.1, -0.05) is 6.42 Å². The second kappa shape index (κ2) is 5.83. The molecule has 4 heteroatoms. The minimum Gasteiger partial charge on any atom is -0.494 e. The van der Waals surface area contributed by atoms with Crippen molar-refractivity contribution >= 4 is 11.6 Å². The van der Waals surface area contributed by atoms with Gasteiger partial charge in [-0.3, -0.25) is 4.79 Å². The molecule has 20 heavy (non-hydrogen) atoms. The first kappa shape index (κ1) is 14.9. The van der Waals surface area contributed by atoms with E-state index < -0.39 is 5.41 Å². The van der Waals surface area contributed by atoms with Crippen molar-refractivity contribution < 1.29 is 9.53 Å². The number of rotatable bonds is 4. The smallest absolute Gasteiger partial charge is 0.231 e. The van der Waals surface area contributed by atoms with Gasteiger partial charge in [0.15, 0.2) is 0 Å². The monoisotopic (exact) mass is 276 g/mol. The van der Waals surface area contributed by atoms with Crippen LogP contribution < -0.4 is 15.8 Å². The van der Waals surface area contributed by atoms with Crippen LogP contribution in [0.3, 0.4) is 0 Å². The Labute approximate surface area is 120 Å². The Hall–Kier alpha value is -1.55. The number of anilines is 1. The Morgan fingerprint density at radius 3 is 2.85 bits per heavy atom. The van der Waals surface area contributed by atoms with Crippen LogP contribution in [0.1, 0.15) is 38.7 Å². The summed E-state index contributed by atoms with van der Waals surface area (Å²) >= 11 is 0. The molecule has 1 aromatic carbocycles. The van der Waals surface area contributed by atoms with E-state index in [-0.39, 0.29) is 11.9 Å². The molecule has 0 bridgehead atoms. The van der Waals surface area contributed by atoms with Crippen molar-refractivity contribution in [2.24, 2.45) is 11.1 Å². The summed E-state index contributed by atoms with van der Waals surface area (Å²) in [5, 5.41) is 3.02. The Balaban J connectivity index is 2.12. The highest BCUT2D eigenvalue weighted by molar-refractivity contribution is 5.96. The van der Waals surface area contributed by atoms with E-state index in [1.807, 2.05) is 39.0 Å². The fourth-order valence-corrected chi connectivity index (χ4v) is 2.77. The summed E-state index contributed by atoms with van der Waals surface area (Å²) in [7, 11) is 0. The summed E-state index contributed by atoms with van der Waals surface area (Å²) < 4.78 is 5.45. The molecule has 0 aromatic heterocycles. The first-order valence-corrected chi connectivity index (χ1v) is 7.28. The lowest BCUT2D eigenvalue weighted by atomic mass is 9.84. The van der Waals surface area contributed by atoms with E-state index >= 15 is 0 Å². The highest BCUT2D eigenvalue weighted by Crippen LogP contribution is 2.38. The quantitative estimate of drug-likeness (QED) is 0.888. The predicted octanol–water partition coefficient (Wildman–Crippen LogP) is 2.85. The van der Waals surface area contributed by atoms with Crippen molar-refractivity contribution in [3.63, 3.8) is 0 Å². The molecule has 4 nitrogen and oxygen atoms in total. The Kier molecular flexibility index (Phi) is 4.33. The van der Waals surface area contributed by atoms with Crippen molar-refractivity contribution in [1.82, 2.24) is 0 Å². The van der Waals surface area contributed by atoms with Crippen molar-refractivity contribution in [3.8, 4) is 5.75 Å². The van der Waals surface area contributed by atoms with Gasteiger partial charge in [-0.15, -0.1) is 0 Å². The van der Waals surface area contributed by atoms with E-state index in [0.717, 1.165) is 36.3 Å². The number of amides is 1. The van der Waals surface area contributed by atoms with Gasteiger partial charge < -0.3 is 15.8 Å². The molecule has 0 spiro atoms. The highest BCUT2D eigenvalue weighted by atomic mass is 16.5. The number of carbonyl (C=O) groups is 1. The topological polar surface area (TPSA) is 64.3 Å². The van der Waals surface area contributed by atoms with Gasteiger partial charge in [-0.05, 0) is 57.4 Å². The van der Waals surface area contributed by atoms with Gasteiger partial charge in [0.05, 0.1) is 12.0 Å². The normalized spacial score (nSPS) is 25.5. The van der Waals surface area contributed by atoms with E-state index in [1.54, 1.807) is 0 Å². The van der Waals surface area contributed by atoms with Crippen LogP contribution in [0, 0.1) is 12.3 Å². The van der Waals surface area contributed by atoms with E-state index in [9.17, 15) is 4.79 Å². The second-order valence-corrected chi connectivity index (χ2v) is 5.78. The number of benzene rings is 1. The summed E-state index contributed by atoms with van der Waals surface area (Å²) in [6.07, 6.45) is 2.80. The summed E-state index contributed by atoms with van der Waals surface area (Å²) in [6, 6.07) is 5.66. The van der Waals surface area contributed by atoms with Crippen LogP contribution in [0.15, 0.2) is 18.2 Å². The minimum atomic E-state index is -0.453. The van der Waals surface area contributed by atoms with Gasteiger partial charge in [-0.2, -0.15) is 0 Å². The number of carbonyl (C=O) groups excluding carboxylic acids is 1. The van der Waals surface area contributed by atoms with E-state index in [1.165, 1.54) is 0 Å². The Bertz CT molecular complexity index is 501. The van der Waals surface area contributed by atoms with Crippen LogP contribution >= 0.6 is 0 Å². The third-order valence-electron chi connectivity index (χ3n) is 4.31. The number of hydrogen-bond donors (Lipinski definition) is 2. The minimum absolute atomic E-state index is 0.0229. The van der Waals surface area contributed by atoms with Crippen LogP contribution in [0.4, 0.5) is 5.69 Å². The predicted molar refractivity (Wildman–Crippen MR) is 80.9 cm³/mol. The lowest BCUT2D eigenvalue weighted by molar-refractivity contribution is -0.125. The van der Waals surface area contributed by atoms with E-state index in [2.05, 4.69) is 5.32 Å². The molecule has 1 aliphatic rings. The van der Waals surface area contributed by atoms with Gasteiger partial charge >= 0.3 is 0 Å². The fraction of sp³-hybridized carbons (Fsp3) is 0.562. The molecule has 110 valence electrons. The largest absolute Gasteiger partial charge is 0.494 e. The Morgan fingerprint density at radius 1 is 1.55 bits per heavy atom. The molecule has 1 amide bonds. The summed E-state index contributed by atoms with van der Waals surface area (Å²) in [5.74, 6) is 0.849. The molecule has 0 saturated heterocycles. The maximum atomic E-state index is 12.5. The lowest BCUT2D eigenvalue weighted by Gasteiger charge is -2.27. The van der Waals surface area contributed by atoms with Gasteiger partial charge in [0.25, 0.3) is 0 Å². The van der Waals surface area contributed by atoms with Crippen molar-refractivity contribution in [1.29, 1.82) is 0 Å². The van der Waals surface area contributed by atoms with Gasteiger partial charge in [0, 0.05) is 11.7 Å². The molecule has 2 rings (SSSR count). The average molecular weight is 276 g/mol. The van der Waals surface area contributed by atoms with Crippen molar-refractivity contribution in [2.75, 3.05) is 11.9 Å². The van der Waals surface area contributed by atoms with E-state index in [4.69, 9.17) is 10.5 Å². The number of ether oxygens (including phenoxy) is 1. The number of hydrogen-bond acceptors (Lipinski definition) is 3. The molecule has 0 heterocycles. The number of nitrogens with two attached hydrogens (primary N) is 1. The molecule has 1 aliphatic carbocycles. The zero-order chi connectivity index (χ0) is 14.8. The van der Waals surface area contributed by atoms with Crippen molar-refractivity contribution in [3.05, 3.63) is 23.8 Å². The molecule has 1 aromatic rings. The third-order valence-corrected chi connectivity index (χ3v) is 4.31. The zero-order valence-electron chi connectivity index (χ0n) is 12.5. The SMILES string of the molecule is CCOc1ccc(NC(=O)C2(C)CCCC2N)c(C)c1. The summed E-state index contributed by atoms with van der Waals surface area (Å²) in [6.45, 7) is 6.52. The van der Waals surface area contributed by atoms with Crippen LogP contribution in [-0.4, -0.2) is 18.6 Å². The summed E-state index contributed by atoms with van der Waals surface area (Å²) in [5.41, 5.74) is 7.47. The maximum absolute atomic E-state index is 12.5. The highest BCUT2D eigenvalue weighted by Gasteiger charge is 2.43. The maximum Gasteiger partial charge on any atom is 0.231 e. The molecule has 1 saturated carbocycles. The molecule has 0 aliphatic heterocycles. The second-order valence-electron chi connectivity index (χ2n) is 5.78. The molecule has 1 fully saturated rings. The standard InChI is InChI=1S/C16H24N2O2/c1-4-20-12-7-8-13(11(2)10-12)18-15(19)16(3)9-5-6-14(16)17/h7-8,10,14H,4-6,9,17H2,1-3H3,(H,18,19). The van der Waals surface area contributed by atoms with Crippen LogP contribution in [-0.2, 0) is 4.79 Å². The van der Waals surface area contributed by atoms with Crippen LogP contribution in [0.25, 0.3) is 0 Å². The number of nitrogens with one attached hydrogen (secondary N) is 1. The molecule has 2 atom stereocenters. The Morgan fingerprint density at radius 2 is 2.30 bits per heavy atom. The first-order valence-electron chi connectivity index (χ1n) is 7.28. The molecule has 2 unspecified atom stereocenters. The molecular weight excluding hydrogens is 252 g/mol. The number of aryl methyl sites for hydroxylation is 1. The average Bonchev–Trinajstić information content (AvgIpc) is 2.74. The fourth-order valence-electron chi connectivity index (χ4n) is 2.77. The lowest BCUT2D eigenvalue weighted by Crippen LogP contribution is -2.44. The van der Waals surface area contributed by atoms with Gasteiger partial charge in [-0.25, -0.2) is 0 Å². The third kappa shape index (κ3) is 2.80. The van der Waals surface area contributed by atoms with Crippen LogP contribution in [0.5, 0.6) is 5.75 Å². The van der Waals surface area contributed by atoms with Gasteiger partial charge in [0.2, 0.25) is 5.91 Å². The molecule has 0 radical (unpaired) electrons. The van der Waals surface area contributed by atoms with Gasteiger partial charge in [0.1, 0.15) is 5.75 Å². The summed E-state index contributed by atoms with van der Waals surface area (Å²) in [4.78, 5) is 12.5. The molecular formula is C16H24N2O2. The van der Waals surface area contributed by atoms with Crippen LogP contribution in [0.2, 0.25) is 0 Å².